The number of ketones is 1. The molecule has 0 heterocycles. The molecule has 0 aliphatic rings. The van der Waals surface area contributed by atoms with Crippen LogP contribution in [0.4, 0.5) is 0 Å². The van der Waals surface area contributed by atoms with Gasteiger partial charge in [0.2, 0.25) is 0 Å². The van der Waals surface area contributed by atoms with E-state index in [1.54, 1.807) is 12.1 Å². The zero-order valence-electron chi connectivity index (χ0n) is 8.45. The summed E-state index contributed by atoms with van der Waals surface area (Å²) in [5, 5.41) is 11.6. The fourth-order valence-corrected chi connectivity index (χ4v) is 2.69. The van der Waals surface area contributed by atoms with Crippen molar-refractivity contribution in [2.24, 2.45) is 0 Å². The second kappa shape index (κ2) is 5.08. The van der Waals surface area contributed by atoms with Gasteiger partial charge in [-0.05, 0) is 11.5 Å². The second-order valence-electron chi connectivity index (χ2n) is 3.47. The van der Waals surface area contributed by atoms with Crippen LogP contribution in [0.5, 0.6) is 5.75 Å². The van der Waals surface area contributed by atoms with Gasteiger partial charge < -0.3 is 5.11 Å². The zero-order valence-corrected chi connectivity index (χ0v) is 13.2. The lowest BCUT2D eigenvalue weighted by Gasteiger charge is -2.09. The van der Waals surface area contributed by atoms with Gasteiger partial charge in [0.05, 0.1) is 5.56 Å². The van der Waals surface area contributed by atoms with Crippen LogP contribution in [0.2, 0.25) is 0 Å². The molecule has 0 saturated heterocycles. The average Bonchev–Trinajstić information content (AvgIpc) is 2.33. The van der Waals surface area contributed by atoms with Gasteiger partial charge in [0, 0.05) is 9.86 Å². The SMILES string of the molecule is O=C(c1cc(Br)c2ccccc2c1O)C(Br)Br. The number of carbonyl (C=O) groups is 1. The van der Waals surface area contributed by atoms with Crippen molar-refractivity contribution in [3.05, 3.63) is 40.4 Å². The van der Waals surface area contributed by atoms with Crippen LogP contribution < -0.4 is 0 Å². The highest BCUT2D eigenvalue weighted by Gasteiger charge is 2.20. The van der Waals surface area contributed by atoms with Gasteiger partial charge in [-0.25, -0.2) is 0 Å². The van der Waals surface area contributed by atoms with Crippen LogP contribution in [0.15, 0.2) is 34.8 Å². The van der Waals surface area contributed by atoms with Gasteiger partial charge in [-0.2, -0.15) is 0 Å². The number of Topliss-reactive ketones (excluding diaryl/α,β-unsaturated/α-hetero) is 1. The Labute approximate surface area is 123 Å². The highest BCUT2D eigenvalue weighted by atomic mass is 79.9. The van der Waals surface area contributed by atoms with E-state index >= 15 is 0 Å². The van der Waals surface area contributed by atoms with E-state index in [0.717, 1.165) is 9.86 Å². The highest BCUT2D eigenvalue weighted by molar-refractivity contribution is 9.25. The maximum absolute atomic E-state index is 11.9. The molecule has 0 amide bonds. The van der Waals surface area contributed by atoms with Crippen LogP contribution in [0.3, 0.4) is 0 Å². The lowest BCUT2D eigenvalue weighted by atomic mass is 10.0. The predicted octanol–water partition coefficient (Wildman–Crippen LogP) is 4.61. The molecule has 0 unspecified atom stereocenters. The summed E-state index contributed by atoms with van der Waals surface area (Å²) in [6, 6.07) is 9.00. The fraction of sp³-hybridized carbons (Fsp3) is 0.0833. The van der Waals surface area contributed by atoms with Crippen molar-refractivity contribution >= 4 is 64.3 Å². The minimum Gasteiger partial charge on any atom is -0.507 e. The first kappa shape index (κ1) is 13.1. The van der Waals surface area contributed by atoms with Crippen LogP contribution >= 0.6 is 47.8 Å². The minimum atomic E-state index is -0.506. The molecule has 17 heavy (non-hydrogen) atoms. The number of halogens is 3. The molecule has 1 N–H and O–H groups in total. The summed E-state index contributed by atoms with van der Waals surface area (Å²) >= 11 is 9.69. The normalized spacial score (nSPS) is 11.1. The first-order chi connectivity index (χ1) is 8.02. The Kier molecular flexibility index (Phi) is 3.90. The van der Waals surface area contributed by atoms with Crippen molar-refractivity contribution in [1.82, 2.24) is 0 Å². The van der Waals surface area contributed by atoms with Crippen LogP contribution in [0.25, 0.3) is 10.8 Å². The maximum Gasteiger partial charge on any atom is 0.190 e. The molecular formula is C12H7Br3O2. The van der Waals surface area contributed by atoms with Gasteiger partial charge in [-0.15, -0.1) is 0 Å². The Balaban J connectivity index is 2.75. The molecule has 0 aliphatic carbocycles. The number of phenols is 1. The molecule has 5 heteroatoms. The van der Waals surface area contributed by atoms with E-state index in [-0.39, 0.29) is 17.1 Å². The van der Waals surface area contributed by atoms with Gasteiger partial charge in [0.25, 0.3) is 0 Å². The first-order valence-corrected chi connectivity index (χ1v) is 7.37. The third-order valence-electron chi connectivity index (χ3n) is 2.43. The molecule has 0 bridgehead atoms. The number of phenolic OH excluding ortho intramolecular Hbond substituents is 1. The number of hydrogen-bond donors (Lipinski definition) is 1. The van der Waals surface area contributed by atoms with E-state index in [9.17, 15) is 9.90 Å². The van der Waals surface area contributed by atoms with E-state index in [4.69, 9.17) is 0 Å². The molecule has 0 atom stereocenters. The van der Waals surface area contributed by atoms with Gasteiger partial charge in [-0.3, -0.25) is 4.79 Å². The molecule has 0 aliphatic heterocycles. The summed E-state index contributed by atoms with van der Waals surface area (Å²) in [4.78, 5) is 11.9. The van der Waals surface area contributed by atoms with E-state index in [1.807, 2.05) is 18.2 Å². The fourth-order valence-electron chi connectivity index (χ4n) is 1.62. The largest absolute Gasteiger partial charge is 0.507 e. The standard InChI is InChI=1S/C12H7Br3O2/c13-9-5-8(11(17)12(14)15)10(16)7-4-2-1-3-6(7)9/h1-5,12,16H. The van der Waals surface area contributed by atoms with E-state index < -0.39 is 3.74 Å². The minimum absolute atomic E-state index is 0.0118. The number of hydrogen-bond acceptors (Lipinski definition) is 2. The second-order valence-corrected chi connectivity index (χ2v) is 7.38. The molecule has 2 aromatic rings. The number of alkyl halides is 2. The maximum atomic E-state index is 11.9. The molecule has 2 nitrogen and oxygen atoms in total. The first-order valence-electron chi connectivity index (χ1n) is 4.75. The molecule has 2 aromatic carbocycles. The summed E-state index contributed by atoms with van der Waals surface area (Å²) in [5.41, 5.74) is 0.286. The Bertz CT molecular complexity index is 594. The summed E-state index contributed by atoms with van der Waals surface area (Å²) in [7, 11) is 0. The Morgan fingerprint density at radius 2 is 1.76 bits per heavy atom. The molecule has 2 rings (SSSR count). The lowest BCUT2D eigenvalue weighted by Crippen LogP contribution is -2.07. The molecule has 0 radical (unpaired) electrons. The van der Waals surface area contributed by atoms with Crippen LogP contribution in [-0.2, 0) is 0 Å². The molecule has 0 fully saturated rings. The van der Waals surface area contributed by atoms with Crippen LogP contribution in [-0.4, -0.2) is 14.6 Å². The summed E-state index contributed by atoms with van der Waals surface area (Å²) < 4.78 is 0.281. The van der Waals surface area contributed by atoms with Crippen molar-refractivity contribution in [3.8, 4) is 5.75 Å². The van der Waals surface area contributed by atoms with E-state index in [2.05, 4.69) is 47.8 Å². The summed E-state index contributed by atoms with van der Waals surface area (Å²) in [5.74, 6) is -0.202. The number of carbonyl (C=O) groups excluding carboxylic acids is 1. The summed E-state index contributed by atoms with van der Waals surface area (Å²) in [6.07, 6.45) is 0. The molecule has 0 saturated carbocycles. The van der Waals surface area contributed by atoms with Gasteiger partial charge in [0.1, 0.15) is 9.49 Å². The van der Waals surface area contributed by atoms with Crippen LogP contribution in [0.1, 0.15) is 10.4 Å². The van der Waals surface area contributed by atoms with E-state index in [0.29, 0.717) is 5.39 Å². The molecule has 88 valence electrons. The van der Waals surface area contributed by atoms with Crippen molar-refractivity contribution in [2.75, 3.05) is 0 Å². The summed E-state index contributed by atoms with van der Waals surface area (Å²) in [6.45, 7) is 0. The number of aromatic hydroxyl groups is 1. The Morgan fingerprint density at radius 3 is 2.35 bits per heavy atom. The lowest BCUT2D eigenvalue weighted by molar-refractivity contribution is 0.101. The monoisotopic (exact) mass is 420 g/mol. The smallest absolute Gasteiger partial charge is 0.190 e. The predicted molar refractivity (Wildman–Crippen MR) is 79.3 cm³/mol. The quantitative estimate of drug-likeness (QED) is 0.567. The third-order valence-corrected chi connectivity index (χ3v) is 3.92. The number of fused-ring (bicyclic) bond motifs is 1. The Hall–Kier alpha value is -0.390. The van der Waals surface area contributed by atoms with Crippen molar-refractivity contribution in [3.63, 3.8) is 0 Å². The average molecular weight is 423 g/mol. The molecular weight excluding hydrogens is 416 g/mol. The highest BCUT2D eigenvalue weighted by Crippen LogP contribution is 2.36. The topological polar surface area (TPSA) is 37.3 Å². The number of rotatable bonds is 2. The Morgan fingerprint density at radius 1 is 1.18 bits per heavy atom. The van der Waals surface area contributed by atoms with Gasteiger partial charge in [0.15, 0.2) is 5.78 Å². The van der Waals surface area contributed by atoms with Gasteiger partial charge >= 0.3 is 0 Å². The molecule has 0 spiro atoms. The van der Waals surface area contributed by atoms with Crippen molar-refractivity contribution < 1.29 is 9.90 Å². The van der Waals surface area contributed by atoms with Crippen LogP contribution in [0, 0.1) is 0 Å². The van der Waals surface area contributed by atoms with Gasteiger partial charge in [-0.1, -0.05) is 72.1 Å². The molecule has 0 aromatic heterocycles. The zero-order chi connectivity index (χ0) is 12.6. The van der Waals surface area contributed by atoms with Crippen molar-refractivity contribution in [1.29, 1.82) is 0 Å². The number of benzene rings is 2. The van der Waals surface area contributed by atoms with E-state index in [1.165, 1.54) is 0 Å². The van der Waals surface area contributed by atoms with Crippen molar-refractivity contribution in [2.45, 2.75) is 3.74 Å². The third kappa shape index (κ3) is 2.41.